The summed E-state index contributed by atoms with van der Waals surface area (Å²) >= 11 is 0. The molecule has 0 amide bonds. The van der Waals surface area contributed by atoms with Crippen LogP contribution >= 0.6 is 0 Å². The first kappa shape index (κ1) is 28.6. The van der Waals surface area contributed by atoms with Crippen LogP contribution in [-0.4, -0.2) is 4.98 Å². The lowest BCUT2D eigenvalue weighted by atomic mass is 9.82. The predicted octanol–water partition coefficient (Wildman–Crippen LogP) is 12.8. The molecule has 0 aliphatic heterocycles. The van der Waals surface area contributed by atoms with Crippen molar-refractivity contribution in [1.82, 2.24) is 4.98 Å². The monoisotopic (exact) mass is 644 g/mol. The smallest absolute Gasteiger partial charge is 0.227 e. The van der Waals surface area contributed by atoms with Gasteiger partial charge in [-0.3, -0.25) is 0 Å². The molecule has 0 bridgehead atoms. The molecule has 0 fully saturated rings. The summed E-state index contributed by atoms with van der Waals surface area (Å²) in [6, 6.07) is 55.5. The van der Waals surface area contributed by atoms with Crippen molar-refractivity contribution >= 4 is 50.1 Å². The number of furan rings is 1. The summed E-state index contributed by atoms with van der Waals surface area (Å²) in [6.07, 6.45) is 0. The van der Waals surface area contributed by atoms with Gasteiger partial charge in [0.25, 0.3) is 0 Å². The summed E-state index contributed by atoms with van der Waals surface area (Å²) in [4.78, 5) is 7.16. The lowest BCUT2D eigenvalue weighted by Crippen LogP contribution is -2.16. The summed E-state index contributed by atoms with van der Waals surface area (Å²) in [5, 5.41) is 2.09. The van der Waals surface area contributed by atoms with Crippen molar-refractivity contribution in [2.24, 2.45) is 0 Å². The molecule has 1 aliphatic rings. The highest BCUT2D eigenvalue weighted by Crippen LogP contribution is 2.54. The van der Waals surface area contributed by atoms with E-state index in [1.54, 1.807) is 0 Å². The van der Waals surface area contributed by atoms with Crippen LogP contribution in [0.5, 0.6) is 0 Å². The SMILES string of the molecule is CC1(C)c2ccccc2-c2c(N(c3ccccc3)c3ccc(-c4ccc5c(c4)oc4cc6oc(-c7ccccc7)nc6cc45)cc3)cccc21. The molecule has 9 aromatic rings. The summed E-state index contributed by atoms with van der Waals surface area (Å²) < 4.78 is 12.5. The molecule has 0 unspecified atom stereocenters. The molecule has 0 saturated heterocycles. The number of oxazole rings is 1. The highest BCUT2D eigenvalue weighted by Gasteiger charge is 2.37. The van der Waals surface area contributed by atoms with E-state index in [1.165, 1.54) is 27.9 Å². The number of anilines is 3. The number of benzene rings is 7. The highest BCUT2D eigenvalue weighted by atomic mass is 16.4. The van der Waals surface area contributed by atoms with E-state index in [9.17, 15) is 0 Å². The molecular weight excluding hydrogens is 613 g/mol. The van der Waals surface area contributed by atoms with Gasteiger partial charge in [-0.25, -0.2) is 4.98 Å². The lowest BCUT2D eigenvalue weighted by Gasteiger charge is -2.29. The van der Waals surface area contributed by atoms with Crippen LogP contribution in [0.1, 0.15) is 25.0 Å². The Balaban J connectivity index is 1.04. The van der Waals surface area contributed by atoms with Crippen molar-refractivity contribution in [2.45, 2.75) is 19.3 Å². The number of para-hydroxylation sites is 1. The van der Waals surface area contributed by atoms with Crippen LogP contribution in [0.25, 0.3) is 66.7 Å². The molecule has 10 rings (SSSR count). The Morgan fingerprint density at radius 1 is 0.500 bits per heavy atom. The van der Waals surface area contributed by atoms with Crippen molar-refractivity contribution in [2.75, 3.05) is 4.90 Å². The maximum absolute atomic E-state index is 6.41. The van der Waals surface area contributed by atoms with Gasteiger partial charge in [0.05, 0.1) is 5.69 Å². The quantitative estimate of drug-likeness (QED) is 0.187. The van der Waals surface area contributed by atoms with Gasteiger partial charge in [0.1, 0.15) is 16.7 Å². The molecular formula is C46H32N2O2. The predicted molar refractivity (Wildman–Crippen MR) is 204 cm³/mol. The van der Waals surface area contributed by atoms with Crippen molar-refractivity contribution in [3.05, 3.63) is 169 Å². The molecule has 2 heterocycles. The minimum Gasteiger partial charge on any atom is -0.456 e. The fourth-order valence-electron chi connectivity index (χ4n) is 7.81. The van der Waals surface area contributed by atoms with Crippen molar-refractivity contribution in [1.29, 1.82) is 0 Å². The summed E-state index contributed by atoms with van der Waals surface area (Å²) in [7, 11) is 0. The van der Waals surface area contributed by atoms with Crippen LogP contribution in [0.2, 0.25) is 0 Å². The van der Waals surface area contributed by atoms with E-state index in [2.05, 4.69) is 140 Å². The Kier molecular flexibility index (Phi) is 6.19. The summed E-state index contributed by atoms with van der Waals surface area (Å²) in [5.74, 6) is 0.611. The molecule has 238 valence electrons. The van der Waals surface area contributed by atoms with Crippen LogP contribution in [0, 0.1) is 0 Å². The van der Waals surface area contributed by atoms with Gasteiger partial charge in [0.2, 0.25) is 5.89 Å². The average molecular weight is 645 g/mol. The van der Waals surface area contributed by atoms with Gasteiger partial charge in [-0.15, -0.1) is 0 Å². The fraction of sp³-hybridized carbons (Fsp3) is 0.0652. The maximum atomic E-state index is 6.41. The van der Waals surface area contributed by atoms with E-state index < -0.39 is 0 Å². The first-order chi connectivity index (χ1) is 24.5. The number of aromatic nitrogens is 1. The van der Waals surface area contributed by atoms with E-state index in [4.69, 9.17) is 13.8 Å². The van der Waals surface area contributed by atoms with E-state index >= 15 is 0 Å². The molecule has 0 saturated carbocycles. The highest BCUT2D eigenvalue weighted by molar-refractivity contribution is 6.09. The third-order valence-corrected chi connectivity index (χ3v) is 10.3. The van der Waals surface area contributed by atoms with Gasteiger partial charge >= 0.3 is 0 Å². The molecule has 0 N–H and O–H groups in total. The van der Waals surface area contributed by atoms with Crippen LogP contribution in [0.3, 0.4) is 0 Å². The lowest BCUT2D eigenvalue weighted by molar-refractivity contribution is 0.617. The van der Waals surface area contributed by atoms with Crippen LogP contribution < -0.4 is 4.90 Å². The second kappa shape index (κ2) is 10.8. The van der Waals surface area contributed by atoms with Gasteiger partial charge in [-0.2, -0.15) is 0 Å². The Morgan fingerprint density at radius 3 is 2.00 bits per heavy atom. The third kappa shape index (κ3) is 4.35. The van der Waals surface area contributed by atoms with E-state index in [-0.39, 0.29) is 5.41 Å². The third-order valence-electron chi connectivity index (χ3n) is 10.3. The number of rotatable bonds is 5. The van der Waals surface area contributed by atoms with E-state index in [0.29, 0.717) is 11.5 Å². The normalized spacial score (nSPS) is 13.2. The van der Waals surface area contributed by atoms with Gasteiger partial charge in [0, 0.05) is 44.8 Å². The number of nitrogens with zero attached hydrogens (tertiary/aromatic N) is 2. The zero-order chi connectivity index (χ0) is 33.4. The largest absolute Gasteiger partial charge is 0.456 e. The van der Waals surface area contributed by atoms with Gasteiger partial charge < -0.3 is 13.7 Å². The topological polar surface area (TPSA) is 42.4 Å². The zero-order valence-corrected chi connectivity index (χ0v) is 27.7. The molecule has 2 aromatic heterocycles. The molecule has 50 heavy (non-hydrogen) atoms. The molecule has 0 radical (unpaired) electrons. The minimum absolute atomic E-state index is 0.0745. The number of hydrogen-bond donors (Lipinski definition) is 0. The summed E-state index contributed by atoms with van der Waals surface area (Å²) in [6.45, 7) is 4.66. The number of fused-ring (bicyclic) bond motifs is 7. The Bertz CT molecular complexity index is 2720. The molecule has 4 heteroatoms. The first-order valence-electron chi connectivity index (χ1n) is 17.0. The van der Waals surface area contributed by atoms with Gasteiger partial charge in [0.15, 0.2) is 5.58 Å². The Morgan fingerprint density at radius 2 is 1.18 bits per heavy atom. The van der Waals surface area contributed by atoms with Crippen LogP contribution in [0.15, 0.2) is 167 Å². The van der Waals surface area contributed by atoms with Gasteiger partial charge in [-0.05, 0) is 88.5 Å². The van der Waals surface area contributed by atoms with Crippen LogP contribution in [-0.2, 0) is 5.41 Å². The zero-order valence-electron chi connectivity index (χ0n) is 27.7. The fourth-order valence-corrected chi connectivity index (χ4v) is 7.81. The molecule has 7 aromatic carbocycles. The van der Waals surface area contributed by atoms with Crippen molar-refractivity contribution in [3.8, 4) is 33.7 Å². The molecule has 0 atom stereocenters. The molecule has 4 nitrogen and oxygen atoms in total. The van der Waals surface area contributed by atoms with Crippen molar-refractivity contribution in [3.63, 3.8) is 0 Å². The number of hydrogen-bond acceptors (Lipinski definition) is 4. The second-order valence-electron chi connectivity index (χ2n) is 13.6. The van der Waals surface area contributed by atoms with E-state index in [1.807, 2.05) is 36.4 Å². The van der Waals surface area contributed by atoms with Crippen LogP contribution in [0.4, 0.5) is 17.1 Å². The standard InChI is InChI=1S/C46H32N2O2/c1-46(2)37-17-10-9-16-35(37)44-38(46)18-11-19-40(44)48(32-14-7-4-8-15-32)33-23-20-29(21-24-33)31-22-25-34-36-27-39-43(28-42(36)49-41(34)26-31)50-45(47-39)30-12-5-3-6-13-30/h3-28H,1-2H3. The summed E-state index contributed by atoms with van der Waals surface area (Å²) in [5.41, 5.74) is 15.0. The molecule has 1 aliphatic carbocycles. The average Bonchev–Trinajstić information content (AvgIpc) is 3.81. The Labute approximate surface area is 289 Å². The minimum atomic E-state index is -0.0745. The second-order valence-corrected chi connectivity index (χ2v) is 13.6. The van der Waals surface area contributed by atoms with Gasteiger partial charge in [-0.1, -0.05) is 105 Å². The van der Waals surface area contributed by atoms with E-state index in [0.717, 1.165) is 55.5 Å². The maximum Gasteiger partial charge on any atom is 0.227 e. The van der Waals surface area contributed by atoms with Crippen molar-refractivity contribution < 1.29 is 8.83 Å². The molecule has 0 spiro atoms. The Hall–Kier alpha value is -6.39. The first-order valence-corrected chi connectivity index (χ1v) is 17.0.